The van der Waals surface area contributed by atoms with Gasteiger partial charge in [0.25, 0.3) is 5.91 Å². The zero-order valence-corrected chi connectivity index (χ0v) is 21.2. The number of halogens is 1. The molecule has 1 amide bonds. The first-order chi connectivity index (χ1) is 16.5. The molecule has 1 saturated heterocycles. The molecule has 0 unspecified atom stereocenters. The standard InChI is InChI=1S/C26H29BrN2O5/c1-31-22-15-20(16-23(32-2)25(22)33-3)28-26(30)21-9-6-18(14-17-4-7-19(27)8-5-17)24(21)29-10-12-34-13-11-29/h4-5,7-8,14-16H,6,9-13H2,1-3H3,(H,28,30)/b18-14+. The number of hydrogen-bond acceptors (Lipinski definition) is 6. The first kappa shape index (κ1) is 24.2. The van der Waals surface area contributed by atoms with Gasteiger partial charge in [-0.3, -0.25) is 4.79 Å². The summed E-state index contributed by atoms with van der Waals surface area (Å²) in [6.07, 6.45) is 3.66. The largest absolute Gasteiger partial charge is 0.493 e. The fourth-order valence-corrected chi connectivity index (χ4v) is 4.62. The maximum atomic E-state index is 13.5. The van der Waals surface area contributed by atoms with Crippen molar-refractivity contribution in [3.05, 3.63) is 63.3 Å². The highest BCUT2D eigenvalue weighted by Gasteiger charge is 2.30. The number of allylic oxidation sites excluding steroid dienone is 1. The molecule has 0 radical (unpaired) electrons. The smallest absolute Gasteiger partial charge is 0.253 e. The number of hydrogen-bond donors (Lipinski definition) is 1. The first-order valence-electron chi connectivity index (χ1n) is 11.2. The van der Waals surface area contributed by atoms with Crippen LogP contribution in [0.5, 0.6) is 17.2 Å². The van der Waals surface area contributed by atoms with Gasteiger partial charge in [0.2, 0.25) is 5.75 Å². The minimum Gasteiger partial charge on any atom is -0.493 e. The van der Waals surface area contributed by atoms with Crippen LogP contribution in [0, 0.1) is 0 Å². The summed E-state index contributed by atoms with van der Waals surface area (Å²) in [7, 11) is 4.66. The fourth-order valence-electron chi connectivity index (χ4n) is 4.35. The summed E-state index contributed by atoms with van der Waals surface area (Å²) in [4.78, 5) is 15.8. The zero-order chi connectivity index (χ0) is 24.1. The third-order valence-electron chi connectivity index (χ3n) is 5.97. The molecule has 1 fully saturated rings. The number of ether oxygens (including phenoxy) is 4. The summed E-state index contributed by atoms with van der Waals surface area (Å²) in [6, 6.07) is 11.7. The number of amides is 1. The third kappa shape index (κ3) is 5.23. The van der Waals surface area contributed by atoms with Crippen LogP contribution < -0.4 is 19.5 Å². The quantitative estimate of drug-likeness (QED) is 0.552. The van der Waals surface area contributed by atoms with Crippen LogP contribution in [-0.4, -0.2) is 58.4 Å². The summed E-state index contributed by atoms with van der Waals surface area (Å²) in [5, 5.41) is 3.04. The summed E-state index contributed by atoms with van der Waals surface area (Å²) < 4.78 is 22.9. The van der Waals surface area contributed by atoms with Crippen molar-refractivity contribution >= 4 is 33.6 Å². The van der Waals surface area contributed by atoms with E-state index in [0.717, 1.165) is 40.8 Å². The van der Waals surface area contributed by atoms with Gasteiger partial charge in [-0.15, -0.1) is 0 Å². The lowest BCUT2D eigenvalue weighted by Gasteiger charge is -2.31. The summed E-state index contributed by atoms with van der Waals surface area (Å²) in [5.74, 6) is 1.33. The Kier molecular flexibility index (Phi) is 7.80. The van der Waals surface area contributed by atoms with Gasteiger partial charge in [-0.05, 0) is 42.2 Å². The van der Waals surface area contributed by atoms with Crippen molar-refractivity contribution in [1.82, 2.24) is 4.90 Å². The highest BCUT2D eigenvalue weighted by Crippen LogP contribution is 2.41. The molecule has 4 rings (SSSR count). The average Bonchev–Trinajstić information content (AvgIpc) is 3.28. The number of nitrogens with one attached hydrogen (secondary N) is 1. The molecule has 2 aromatic carbocycles. The summed E-state index contributed by atoms with van der Waals surface area (Å²) >= 11 is 3.49. The van der Waals surface area contributed by atoms with Gasteiger partial charge in [0.15, 0.2) is 11.5 Å². The van der Waals surface area contributed by atoms with Crippen LogP contribution in [0.4, 0.5) is 5.69 Å². The lowest BCUT2D eigenvalue weighted by molar-refractivity contribution is -0.113. The zero-order valence-electron chi connectivity index (χ0n) is 19.7. The molecule has 0 atom stereocenters. The summed E-state index contributed by atoms with van der Waals surface area (Å²) in [5.41, 5.74) is 4.64. The van der Waals surface area contributed by atoms with Gasteiger partial charge in [0.05, 0.1) is 34.5 Å². The first-order valence-corrected chi connectivity index (χ1v) is 12.0. The van der Waals surface area contributed by atoms with Gasteiger partial charge < -0.3 is 29.2 Å². The maximum absolute atomic E-state index is 13.5. The fraction of sp³-hybridized carbons (Fsp3) is 0.346. The van der Waals surface area contributed by atoms with Gasteiger partial charge >= 0.3 is 0 Å². The van der Waals surface area contributed by atoms with E-state index in [9.17, 15) is 4.79 Å². The van der Waals surface area contributed by atoms with Crippen LogP contribution in [0.3, 0.4) is 0 Å². The number of morpholine rings is 1. The maximum Gasteiger partial charge on any atom is 0.253 e. The van der Waals surface area contributed by atoms with E-state index in [1.807, 2.05) is 12.1 Å². The number of anilines is 1. The Morgan fingerprint density at radius 2 is 1.65 bits per heavy atom. The van der Waals surface area contributed by atoms with E-state index in [1.54, 1.807) is 33.5 Å². The van der Waals surface area contributed by atoms with Crippen LogP contribution in [0.15, 0.2) is 57.7 Å². The van der Waals surface area contributed by atoms with E-state index in [2.05, 4.69) is 44.4 Å². The van der Waals surface area contributed by atoms with Crippen molar-refractivity contribution < 1.29 is 23.7 Å². The second-order valence-electron chi connectivity index (χ2n) is 8.02. The van der Waals surface area contributed by atoms with Crippen molar-refractivity contribution in [1.29, 1.82) is 0 Å². The van der Waals surface area contributed by atoms with Crippen LogP contribution in [0.25, 0.3) is 6.08 Å². The molecular formula is C26H29BrN2O5. The topological polar surface area (TPSA) is 69.3 Å². The molecule has 180 valence electrons. The van der Waals surface area contributed by atoms with Crippen LogP contribution >= 0.6 is 15.9 Å². The van der Waals surface area contributed by atoms with E-state index < -0.39 is 0 Å². The Bertz CT molecular complexity index is 1080. The van der Waals surface area contributed by atoms with Crippen molar-refractivity contribution in [3.63, 3.8) is 0 Å². The van der Waals surface area contributed by atoms with Crippen molar-refractivity contribution in [2.45, 2.75) is 12.8 Å². The minimum atomic E-state index is -0.130. The molecule has 0 saturated carbocycles. The lowest BCUT2D eigenvalue weighted by atomic mass is 10.1. The third-order valence-corrected chi connectivity index (χ3v) is 6.50. The van der Waals surface area contributed by atoms with Crippen LogP contribution in [-0.2, 0) is 9.53 Å². The number of carbonyl (C=O) groups is 1. The monoisotopic (exact) mass is 528 g/mol. The Hall–Kier alpha value is -2.97. The number of benzene rings is 2. The number of rotatable bonds is 7. The van der Waals surface area contributed by atoms with Crippen molar-refractivity contribution in [3.8, 4) is 17.2 Å². The van der Waals surface area contributed by atoms with E-state index in [0.29, 0.717) is 42.6 Å². The Morgan fingerprint density at radius 1 is 1.00 bits per heavy atom. The van der Waals surface area contributed by atoms with Gasteiger partial charge in [-0.25, -0.2) is 0 Å². The van der Waals surface area contributed by atoms with Gasteiger partial charge in [-0.1, -0.05) is 28.1 Å². The molecule has 34 heavy (non-hydrogen) atoms. The normalized spacial score (nSPS) is 17.2. The number of carbonyl (C=O) groups excluding carboxylic acids is 1. The molecular weight excluding hydrogens is 500 g/mol. The molecule has 8 heteroatoms. The Morgan fingerprint density at radius 3 is 2.24 bits per heavy atom. The molecule has 7 nitrogen and oxygen atoms in total. The van der Waals surface area contributed by atoms with Gasteiger partial charge in [0.1, 0.15) is 0 Å². The molecule has 2 aliphatic rings. The van der Waals surface area contributed by atoms with E-state index in [1.165, 1.54) is 5.57 Å². The van der Waals surface area contributed by atoms with Gasteiger partial charge in [-0.2, -0.15) is 0 Å². The lowest BCUT2D eigenvalue weighted by Crippen LogP contribution is -2.36. The molecule has 1 aliphatic carbocycles. The highest BCUT2D eigenvalue weighted by atomic mass is 79.9. The van der Waals surface area contributed by atoms with Crippen LogP contribution in [0.1, 0.15) is 18.4 Å². The Balaban J connectivity index is 1.68. The Labute approximate surface area is 208 Å². The van der Waals surface area contributed by atoms with Gasteiger partial charge in [0, 0.05) is 46.7 Å². The summed E-state index contributed by atoms with van der Waals surface area (Å²) in [6.45, 7) is 2.82. The second kappa shape index (κ2) is 11.0. The number of methoxy groups -OCH3 is 3. The predicted octanol–water partition coefficient (Wildman–Crippen LogP) is 4.88. The molecule has 1 N–H and O–H groups in total. The second-order valence-corrected chi connectivity index (χ2v) is 8.93. The highest BCUT2D eigenvalue weighted by molar-refractivity contribution is 9.10. The van der Waals surface area contributed by atoms with Crippen molar-refractivity contribution in [2.75, 3.05) is 52.9 Å². The van der Waals surface area contributed by atoms with E-state index in [4.69, 9.17) is 18.9 Å². The van der Waals surface area contributed by atoms with E-state index >= 15 is 0 Å². The SMILES string of the molecule is COc1cc(NC(=O)C2=C(N3CCOCC3)/C(=C/c3ccc(Br)cc3)CC2)cc(OC)c1OC. The average molecular weight is 529 g/mol. The predicted molar refractivity (Wildman–Crippen MR) is 135 cm³/mol. The van der Waals surface area contributed by atoms with Crippen molar-refractivity contribution in [2.24, 2.45) is 0 Å². The minimum absolute atomic E-state index is 0.130. The molecule has 0 spiro atoms. The molecule has 1 heterocycles. The van der Waals surface area contributed by atoms with Crippen LogP contribution in [0.2, 0.25) is 0 Å². The number of nitrogens with zero attached hydrogens (tertiary/aromatic N) is 1. The molecule has 2 aromatic rings. The molecule has 1 aliphatic heterocycles. The molecule has 0 aromatic heterocycles. The van der Waals surface area contributed by atoms with E-state index in [-0.39, 0.29) is 5.91 Å². The molecule has 0 bridgehead atoms.